The Morgan fingerprint density at radius 2 is 1.95 bits per heavy atom. The molecule has 1 amide bonds. The van der Waals surface area contributed by atoms with E-state index in [0.717, 1.165) is 6.42 Å². The summed E-state index contributed by atoms with van der Waals surface area (Å²) in [6.07, 6.45) is 5.92. The molecule has 3 nitrogen and oxygen atoms in total. The molecule has 0 saturated heterocycles. The number of nitrogens with one attached hydrogen (secondary N) is 2. The van der Waals surface area contributed by atoms with E-state index >= 15 is 0 Å². The molecule has 19 heavy (non-hydrogen) atoms. The molecular weight excluding hydrogens is 236 g/mol. The highest BCUT2D eigenvalue weighted by atomic mass is 16.1. The summed E-state index contributed by atoms with van der Waals surface area (Å²) in [5.41, 5.74) is 1.18. The molecule has 0 spiro atoms. The number of hydrogen-bond acceptors (Lipinski definition) is 2. The Hall–Kier alpha value is -1.35. The van der Waals surface area contributed by atoms with Crippen LogP contribution in [0, 0.1) is 0 Å². The highest BCUT2D eigenvalue weighted by molar-refractivity contribution is 5.78. The minimum atomic E-state index is 0.0996. The summed E-state index contributed by atoms with van der Waals surface area (Å²) in [5.74, 6) is 0.0996. The molecule has 1 unspecified atom stereocenters. The fourth-order valence-electron chi connectivity index (χ4n) is 2.72. The molecule has 0 aliphatic heterocycles. The topological polar surface area (TPSA) is 41.1 Å². The minimum Gasteiger partial charge on any atom is -0.348 e. The molecule has 1 aliphatic rings. The van der Waals surface area contributed by atoms with Crippen LogP contribution in [0.5, 0.6) is 0 Å². The van der Waals surface area contributed by atoms with Crippen LogP contribution in [0.2, 0.25) is 0 Å². The molecule has 1 fully saturated rings. The Bertz CT molecular complexity index is 385. The highest BCUT2D eigenvalue weighted by Gasteiger charge is 2.17. The number of benzene rings is 1. The Labute approximate surface area is 115 Å². The van der Waals surface area contributed by atoms with E-state index in [1.165, 1.54) is 31.2 Å². The van der Waals surface area contributed by atoms with Crippen LogP contribution < -0.4 is 10.6 Å². The smallest absolute Gasteiger partial charge is 0.234 e. The molecule has 104 valence electrons. The van der Waals surface area contributed by atoms with Gasteiger partial charge in [-0.15, -0.1) is 0 Å². The maximum atomic E-state index is 12.0. The first-order chi connectivity index (χ1) is 9.29. The SMILES string of the molecule is CCC(NC(=O)CNC1CCCC1)c1ccccc1. The van der Waals surface area contributed by atoms with Gasteiger partial charge in [-0.1, -0.05) is 50.1 Å². The lowest BCUT2D eigenvalue weighted by Gasteiger charge is -2.18. The van der Waals surface area contributed by atoms with E-state index in [-0.39, 0.29) is 11.9 Å². The van der Waals surface area contributed by atoms with Crippen molar-refractivity contribution in [2.75, 3.05) is 6.54 Å². The lowest BCUT2D eigenvalue weighted by molar-refractivity contribution is -0.121. The predicted octanol–water partition coefficient (Wildman–Crippen LogP) is 2.79. The van der Waals surface area contributed by atoms with Crippen molar-refractivity contribution in [1.82, 2.24) is 10.6 Å². The number of carbonyl (C=O) groups excluding carboxylic acids is 1. The number of carbonyl (C=O) groups is 1. The van der Waals surface area contributed by atoms with Crippen molar-refractivity contribution in [1.29, 1.82) is 0 Å². The minimum absolute atomic E-state index is 0.0996. The van der Waals surface area contributed by atoms with Crippen LogP contribution in [-0.4, -0.2) is 18.5 Å². The van der Waals surface area contributed by atoms with Gasteiger partial charge in [0.1, 0.15) is 0 Å². The molecule has 1 atom stereocenters. The third-order valence-electron chi connectivity index (χ3n) is 3.85. The van der Waals surface area contributed by atoms with E-state index in [4.69, 9.17) is 0 Å². The van der Waals surface area contributed by atoms with Gasteiger partial charge in [0.25, 0.3) is 0 Å². The Morgan fingerprint density at radius 3 is 2.58 bits per heavy atom. The van der Waals surface area contributed by atoms with E-state index in [1.54, 1.807) is 0 Å². The van der Waals surface area contributed by atoms with E-state index in [2.05, 4.69) is 29.7 Å². The van der Waals surface area contributed by atoms with E-state index in [1.807, 2.05) is 18.2 Å². The van der Waals surface area contributed by atoms with Crippen LogP contribution in [0.3, 0.4) is 0 Å². The van der Waals surface area contributed by atoms with E-state index in [0.29, 0.717) is 12.6 Å². The molecule has 1 aromatic rings. The summed E-state index contributed by atoms with van der Waals surface area (Å²) in [6, 6.07) is 10.8. The second-order valence-electron chi connectivity index (χ2n) is 5.30. The molecule has 2 N–H and O–H groups in total. The molecule has 0 heterocycles. The van der Waals surface area contributed by atoms with Crippen LogP contribution in [-0.2, 0) is 4.79 Å². The third kappa shape index (κ3) is 4.35. The highest BCUT2D eigenvalue weighted by Crippen LogP contribution is 2.18. The van der Waals surface area contributed by atoms with Gasteiger partial charge in [-0.3, -0.25) is 4.79 Å². The van der Waals surface area contributed by atoms with Crippen molar-refractivity contribution in [2.45, 2.75) is 51.1 Å². The monoisotopic (exact) mass is 260 g/mol. The molecule has 1 aromatic carbocycles. The van der Waals surface area contributed by atoms with Gasteiger partial charge in [-0.05, 0) is 24.8 Å². The molecule has 1 saturated carbocycles. The van der Waals surface area contributed by atoms with Gasteiger partial charge in [-0.25, -0.2) is 0 Å². The number of amides is 1. The zero-order chi connectivity index (χ0) is 13.5. The van der Waals surface area contributed by atoms with Crippen molar-refractivity contribution in [2.24, 2.45) is 0 Å². The predicted molar refractivity (Wildman–Crippen MR) is 77.9 cm³/mol. The van der Waals surface area contributed by atoms with Crippen LogP contribution >= 0.6 is 0 Å². The molecular formula is C16H24N2O. The maximum absolute atomic E-state index is 12.0. The summed E-state index contributed by atoms with van der Waals surface area (Å²) < 4.78 is 0. The van der Waals surface area contributed by atoms with Gasteiger partial charge in [0.2, 0.25) is 5.91 Å². The molecule has 2 rings (SSSR count). The summed E-state index contributed by atoms with van der Waals surface area (Å²) in [7, 11) is 0. The second kappa shape index (κ2) is 7.29. The van der Waals surface area contributed by atoms with Gasteiger partial charge >= 0.3 is 0 Å². The van der Waals surface area contributed by atoms with Gasteiger partial charge in [0.15, 0.2) is 0 Å². The van der Waals surface area contributed by atoms with Crippen LogP contribution in [0.25, 0.3) is 0 Å². The zero-order valence-corrected chi connectivity index (χ0v) is 11.7. The second-order valence-corrected chi connectivity index (χ2v) is 5.30. The van der Waals surface area contributed by atoms with Crippen molar-refractivity contribution in [3.8, 4) is 0 Å². The average Bonchev–Trinajstić information content (AvgIpc) is 2.97. The zero-order valence-electron chi connectivity index (χ0n) is 11.7. The molecule has 1 aliphatic carbocycles. The quantitative estimate of drug-likeness (QED) is 0.826. The summed E-state index contributed by atoms with van der Waals surface area (Å²) >= 11 is 0. The van der Waals surface area contributed by atoms with Gasteiger partial charge in [0, 0.05) is 6.04 Å². The number of rotatable bonds is 6. The summed E-state index contributed by atoms with van der Waals surface area (Å²) in [5, 5.41) is 6.46. The first-order valence-electron chi connectivity index (χ1n) is 7.37. The lowest BCUT2D eigenvalue weighted by atomic mass is 10.0. The van der Waals surface area contributed by atoms with Crippen molar-refractivity contribution >= 4 is 5.91 Å². The van der Waals surface area contributed by atoms with Crippen molar-refractivity contribution in [3.05, 3.63) is 35.9 Å². The van der Waals surface area contributed by atoms with E-state index < -0.39 is 0 Å². The largest absolute Gasteiger partial charge is 0.348 e. The van der Waals surface area contributed by atoms with Crippen molar-refractivity contribution in [3.63, 3.8) is 0 Å². The number of hydrogen-bond donors (Lipinski definition) is 2. The van der Waals surface area contributed by atoms with Crippen LogP contribution in [0.1, 0.15) is 50.6 Å². The van der Waals surface area contributed by atoms with Gasteiger partial charge < -0.3 is 10.6 Å². The summed E-state index contributed by atoms with van der Waals surface area (Å²) in [6.45, 7) is 2.54. The molecule has 0 radical (unpaired) electrons. The average molecular weight is 260 g/mol. The van der Waals surface area contributed by atoms with E-state index in [9.17, 15) is 4.79 Å². The normalized spacial score (nSPS) is 17.3. The third-order valence-corrected chi connectivity index (χ3v) is 3.85. The maximum Gasteiger partial charge on any atom is 0.234 e. The van der Waals surface area contributed by atoms with Crippen LogP contribution in [0.15, 0.2) is 30.3 Å². The fourth-order valence-corrected chi connectivity index (χ4v) is 2.72. The van der Waals surface area contributed by atoms with Gasteiger partial charge in [0.05, 0.1) is 12.6 Å². The first-order valence-corrected chi connectivity index (χ1v) is 7.37. The van der Waals surface area contributed by atoms with Crippen LogP contribution in [0.4, 0.5) is 0 Å². The standard InChI is InChI=1S/C16H24N2O/c1-2-15(13-8-4-3-5-9-13)18-16(19)12-17-14-10-6-7-11-14/h3-5,8-9,14-15,17H,2,6-7,10-12H2,1H3,(H,18,19). The Morgan fingerprint density at radius 1 is 1.26 bits per heavy atom. The molecule has 3 heteroatoms. The molecule has 0 bridgehead atoms. The lowest BCUT2D eigenvalue weighted by Crippen LogP contribution is -2.39. The fraction of sp³-hybridized carbons (Fsp3) is 0.562. The molecule has 0 aromatic heterocycles. The van der Waals surface area contributed by atoms with Crippen molar-refractivity contribution < 1.29 is 4.79 Å². The Balaban J connectivity index is 1.79. The Kier molecular flexibility index (Phi) is 5.40. The first kappa shape index (κ1) is 14.1. The summed E-state index contributed by atoms with van der Waals surface area (Å²) in [4.78, 5) is 12.0. The van der Waals surface area contributed by atoms with Gasteiger partial charge in [-0.2, -0.15) is 0 Å².